The molecule has 3 aromatic rings. The molecule has 7 heteroatoms. The van der Waals surface area contributed by atoms with Gasteiger partial charge in [-0.25, -0.2) is 0 Å². The average Bonchev–Trinajstić information content (AvgIpc) is 3.21. The Morgan fingerprint density at radius 3 is 2.57 bits per heavy atom. The van der Waals surface area contributed by atoms with Crippen molar-refractivity contribution in [2.45, 2.75) is 19.5 Å². The molecular weight excluding hydrogens is 368 g/mol. The average molecular weight is 387 g/mol. The van der Waals surface area contributed by atoms with E-state index in [2.05, 4.69) is 10.1 Å². The predicted molar refractivity (Wildman–Crippen MR) is 101 cm³/mol. The van der Waals surface area contributed by atoms with E-state index in [0.717, 1.165) is 5.76 Å². The van der Waals surface area contributed by atoms with E-state index in [9.17, 15) is 13.6 Å². The second kappa shape index (κ2) is 9.03. The van der Waals surface area contributed by atoms with Gasteiger partial charge in [0.05, 0.1) is 13.4 Å². The van der Waals surface area contributed by atoms with E-state index in [1.54, 1.807) is 55.8 Å². The lowest BCUT2D eigenvalue weighted by Crippen LogP contribution is -2.12. The van der Waals surface area contributed by atoms with Crippen molar-refractivity contribution in [1.29, 1.82) is 0 Å². The topological polar surface area (TPSA) is 60.7 Å². The zero-order valence-corrected chi connectivity index (χ0v) is 15.2. The lowest BCUT2D eigenvalue weighted by molar-refractivity contribution is -0.116. The minimum absolute atomic E-state index is 0.0220. The fraction of sp³-hybridized carbons (Fsp3) is 0.190. The summed E-state index contributed by atoms with van der Waals surface area (Å²) < 4.78 is 40.5. The summed E-state index contributed by atoms with van der Waals surface area (Å²) in [6.45, 7) is -2.95. The summed E-state index contributed by atoms with van der Waals surface area (Å²) in [4.78, 5) is 12.2. The summed E-state index contributed by atoms with van der Waals surface area (Å²) in [6, 6.07) is 15.0. The number of furan rings is 1. The Balaban J connectivity index is 1.79. The standard InChI is InChI=1S/C21H19F2NO4/c1-26-16-7-4-14(5-8-16)18-13-15(6-10-19(18)28-21(22)23)24-20(25)11-9-17-3-2-12-27-17/h2-8,10,12-13,21H,9,11H2,1H3,(H,24,25). The Bertz CT molecular complexity index is 909. The maximum absolute atomic E-state index is 12.8. The van der Waals surface area contributed by atoms with Crippen LogP contribution in [0.2, 0.25) is 0 Å². The number of anilines is 1. The minimum atomic E-state index is -2.95. The van der Waals surface area contributed by atoms with Crippen molar-refractivity contribution in [3.05, 3.63) is 66.6 Å². The second-order valence-corrected chi connectivity index (χ2v) is 5.95. The Labute approximate surface area is 160 Å². The van der Waals surface area contributed by atoms with Crippen LogP contribution in [0.4, 0.5) is 14.5 Å². The molecule has 1 aromatic heterocycles. The molecule has 3 rings (SSSR count). The van der Waals surface area contributed by atoms with Crippen LogP contribution in [0.5, 0.6) is 11.5 Å². The lowest BCUT2D eigenvalue weighted by atomic mass is 10.0. The van der Waals surface area contributed by atoms with Crippen molar-refractivity contribution >= 4 is 11.6 Å². The summed E-state index contributed by atoms with van der Waals surface area (Å²) in [7, 11) is 1.54. The van der Waals surface area contributed by atoms with Crippen LogP contribution in [-0.4, -0.2) is 19.6 Å². The van der Waals surface area contributed by atoms with Gasteiger partial charge in [0.1, 0.15) is 17.3 Å². The molecule has 0 aliphatic heterocycles. The summed E-state index contributed by atoms with van der Waals surface area (Å²) >= 11 is 0. The highest BCUT2D eigenvalue weighted by Crippen LogP contribution is 2.34. The van der Waals surface area contributed by atoms with Crippen molar-refractivity contribution in [3.8, 4) is 22.6 Å². The number of methoxy groups -OCH3 is 1. The molecule has 1 amide bonds. The van der Waals surface area contributed by atoms with Gasteiger partial charge >= 0.3 is 6.61 Å². The number of hydrogen-bond donors (Lipinski definition) is 1. The van der Waals surface area contributed by atoms with Gasteiger partial charge in [-0.15, -0.1) is 0 Å². The number of rotatable bonds is 8. The summed E-state index contributed by atoms with van der Waals surface area (Å²) in [5.74, 6) is 1.17. The van der Waals surface area contributed by atoms with Gasteiger partial charge in [0.25, 0.3) is 0 Å². The second-order valence-electron chi connectivity index (χ2n) is 5.95. The number of nitrogens with one attached hydrogen (secondary N) is 1. The normalized spacial score (nSPS) is 10.7. The summed E-state index contributed by atoms with van der Waals surface area (Å²) in [5, 5.41) is 2.77. The van der Waals surface area contributed by atoms with Crippen LogP contribution in [0.1, 0.15) is 12.2 Å². The minimum Gasteiger partial charge on any atom is -0.497 e. The van der Waals surface area contributed by atoms with Crippen LogP contribution in [0.25, 0.3) is 11.1 Å². The molecule has 0 aliphatic rings. The highest BCUT2D eigenvalue weighted by atomic mass is 19.3. The predicted octanol–water partition coefficient (Wildman–Crippen LogP) is 5.13. The molecule has 1 N–H and O–H groups in total. The van der Waals surface area contributed by atoms with E-state index >= 15 is 0 Å². The van der Waals surface area contributed by atoms with Gasteiger partial charge in [0.2, 0.25) is 5.91 Å². The molecule has 0 saturated heterocycles. The molecule has 0 fully saturated rings. The van der Waals surface area contributed by atoms with Gasteiger partial charge in [-0.3, -0.25) is 4.79 Å². The molecule has 0 aliphatic carbocycles. The molecule has 0 radical (unpaired) electrons. The molecule has 146 valence electrons. The summed E-state index contributed by atoms with van der Waals surface area (Å²) in [6.07, 6.45) is 2.26. The quantitative estimate of drug-likeness (QED) is 0.582. The zero-order chi connectivity index (χ0) is 19.9. The van der Waals surface area contributed by atoms with Gasteiger partial charge in [-0.1, -0.05) is 12.1 Å². The number of ether oxygens (including phenoxy) is 2. The van der Waals surface area contributed by atoms with Crippen molar-refractivity contribution in [2.75, 3.05) is 12.4 Å². The molecule has 0 bridgehead atoms. The van der Waals surface area contributed by atoms with Gasteiger partial charge in [-0.05, 0) is 48.0 Å². The Morgan fingerprint density at radius 1 is 1.14 bits per heavy atom. The van der Waals surface area contributed by atoms with E-state index in [-0.39, 0.29) is 18.1 Å². The molecule has 0 spiro atoms. The highest BCUT2D eigenvalue weighted by molar-refractivity contribution is 5.92. The SMILES string of the molecule is COc1ccc(-c2cc(NC(=O)CCc3ccco3)ccc2OC(F)F)cc1. The lowest BCUT2D eigenvalue weighted by Gasteiger charge is -2.14. The van der Waals surface area contributed by atoms with Crippen LogP contribution in [0, 0.1) is 0 Å². The summed E-state index contributed by atoms with van der Waals surface area (Å²) in [5.41, 5.74) is 1.58. The first-order chi connectivity index (χ1) is 13.5. The third kappa shape index (κ3) is 5.09. The maximum Gasteiger partial charge on any atom is 0.387 e. The van der Waals surface area contributed by atoms with Gasteiger partial charge in [0, 0.05) is 24.1 Å². The van der Waals surface area contributed by atoms with E-state index in [1.807, 2.05) is 0 Å². The van der Waals surface area contributed by atoms with Crippen molar-refractivity contribution in [1.82, 2.24) is 0 Å². The number of halogens is 2. The van der Waals surface area contributed by atoms with E-state index < -0.39 is 6.61 Å². The number of carbonyl (C=O) groups excluding carboxylic acids is 1. The Morgan fingerprint density at radius 2 is 1.93 bits per heavy atom. The number of aryl methyl sites for hydroxylation is 1. The highest BCUT2D eigenvalue weighted by Gasteiger charge is 2.14. The van der Waals surface area contributed by atoms with Crippen LogP contribution in [0.15, 0.2) is 65.3 Å². The number of amides is 1. The Kier molecular flexibility index (Phi) is 6.26. The van der Waals surface area contributed by atoms with Crippen molar-refractivity contribution in [3.63, 3.8) is 0 Å². The molecule has 0 saturated carbocycles. The Hall–Kier alpha value is -3.35. The first-order valence-corrected chi connectivity index (χ1v) is 8.60. The first-order valence-electron chi connectivity index (χ1n) is 8.60. The first kappa shape index (κ1) is 19.4. The third-order valence-corrected chi connectivity index (χ3v) is 4.06. The largest absolute Gasteiger partial charge is 0.497 e. The van der Waals surface area contributed by atoms with Crippen LogP contribution in [-0.2, 0) is 11.2 Å². The molecule has 28 heavy (non-hydrogen) atoms. The maximum atomic E-state index is 12.8. The smallest absolute Gasteiger partial charge is 0.387 e. The van der Waals surface area contributed by atoms with E-state index in [4.69, 9.17) is 9.15 Å². The molecule has 1 heterocycles. The van der Waals surface area contributed by atoms with E-state index in [0.29, 0.717) is 29.0 Å². The molecule has 2 aromatic carbocycles. The fourth-order valence-electron chi connectivity index (χ4n) is 2.72. The van der Waals surface area contributed by atoms with Gasteiger partial charge in [0.15, 0.2) is 0 Å². The van der Waals surface area contributed by atoms with Crippen molar-refractivity contribution in [2.24, 2.45) is 0 Å². The van der Waals surface area contributed by atoms with Crippen LogP contribution < -0.4 is 14.8 Å². The van der Waals surface area contributed by atoms with Crippen molar-refractivity contribution < 1.29 is 27.5 Å². The number of hydrogen-bond acceptors (Lipinski definition) is 4. The van der Waals surface area contributed by atoms with Gasteiger partial charge in [-0.2, -0.15) is 8.78 Å². The molecule has 0 atom stereocenters. The monoisotopic (exact) mass is 387 g/mol. The molecule has 5 nitrogen and oxygen atoms in total. The zero-order valence-electron chi connectivity index (χ0n) is 15.2. The molecule has 0 unspecified atom stereocenters. The van der Waals surface area contributed by atoms with E-state index in [1.165, 1.54) is 12.1 Å². The van der Waals surface area contributed by atoms with Crippen LogP contribution in [0.3, 0.4) is 0 Å². The number of carbonyl (C=O) groups is 1. The third-order valence-electron chi connectivity index (χ3n) is 4.06. The fourth-order valence-corrected chi connectivity index (χ4v) is 2.72. The van der Waals surface area contributed by atoms with Gasteiger partial charge < -0.3 is 19.2 Å². The molecular formula is C21H19F2NO4. The number of benzene rings is 2. The van der Waals surface area contributed by atoms with Crippen LogP contribution >= 0.6 is 0 Å². The number of alkyl halides is 2.